The molecule has 220 valence electrons. The van der Waals surface area contributed by atoms with Gasteiger partial charge in [-0.25, -0.2) is 47.2 Å². The molecule has 4 heterocycles. The molecule has 0 aliphatic heterocycles. The summed E-state index contributed by atoms with van der Waals surface area (Å²) in [7, 11) is -9.89. The van der Waals surface area contributed by atoms with Gasteiger partial charge >= 0.3 is 27.3 Å². The van der Waals surface area contributed by atoms with E-state index < -0.39 is 20.5 Å². The first-order valence-electron chi connectivity index (χ1n) is 10.8. The third-order valence-electron chi connectivity index (χ3n) is 3.82. The molecule has 43 heavy (non-hydrogen) atoms. The number of carbonyl (C=O) groups excluding carboxylic acids is 1. The van der Waals surface area contributed by atoms with Crippen LogP contribution >= 0.6 is 0 Å². The summed E-state index contributed by atoms with van der Waals surface area (Å²) in [4.78, 5) is 30.3. The minimum absolute atomic E-state index is 0. The molecule has 0 saturated heterocycles. The second kappa shape index (κ2) is 22.0. The Morgan fingerprint density at radius 1 is 0.581 bits per heavy atom. The molecule has 4 aromatic heterocycles. The number of nitriles is 2. The summed E-state index contributed by atoms with van der Waals surface area (Å²) < 4.78 is 67.9. The van der Waals surface area contributed by atoms with Crippen LogP contribution in [0.15, 0.2) is 85.2 Å². The maximum Gasteiger partial charge on any atom is 2.00 e. The van der Waals surface area contributed by atoms with Crippen molar-refractivity contribution >= 4 is 5.78 Å². The van der Waals surface area contributed by atoms with Crippen molar-refractivity contribution in [1.29, 1.82) is 10.5 Å². The van der Waals surface area contributed by atoms with Crippen molar-refractivity contribution in [2.45, 2.75) is 13.8 Å². The van der Waals surface area contributed by atoms with Crippen LogP contribution in [-0.4, -0.2) is 25.7 Å². The van der Waals surface area contributed by atoms with E-state index in [2.05, 4.69) is 19.9 Å². The number of aromatic nitrogens is 4. The van der Waals surface area contributed by atoms with Gasteiger partial charge in [-0.15, -0.1) is 20.5 Å². The third kappa shape index (κ3) is 21.7. The van der Waals surface area contributed by atoms with Crippen LogP contribution in [0.4, 0.5) is 0 Å². The maximum absolute atomic E-state index is 12.8. The van der Waals surface area contributed by atoms with Gasteiger partial charge in [0.25, 0.3) is 0 Å². The van der Waals surface area contributed by atoms with E-state index in [-0.39, 0.29) is 33.1 Å². The predicted octanol–water partition coefficient (Wildman–Crippen LogP) is -4.62. The molecule has 18 heteroatoms. The molecule has 0 saturated carbocycles. The Balaban J connectivity index is 0. The molecular formula is C25H20CdCl2N6O9. The number of rotatable bonds is 4. The number of hydrogen-bond donors (Lipinski definition) is 0. The van der Waals surface area contributed by atoms with Crippen LogP contribution in [0.3, 0.4) is 0 Å². The monoisotopic (exact) mass is 732 g/mol. The normalized spacial score (nSPS) is 9.49. The summed E-state index contributed by atoms with van der Waals surface area (Å²) in [6.45, 7) is 2.86. The van der Waals surface area contributed by atoms with Crippen LogP contribution < -0.4 is 37.3 Å². The van der Waals surface area contributed by atoms with Crippen LogP contribution in [-0.2, 0) is 27.3 Å². The van der Waals surface area contributed by atoms with Gasteiger partial charge < -0.3 is 0 Å². The van der Waals surface area contributed by atoms with Crippen LogP contribution in [0.1, 0.15) is 30.0 Å². The van der Waals surface area contributed by atoms with E-state index in [9.17, 15) is 4.79 Å². The van der Waals surface area contributed by atoms with Crippen molar-refractivity contribution < 1.29 is 89.9 Å². The summed E-state index contributed by atoms with van der Waals surface area (Å²) in [5, 5.41) is 14.6. The molecular weight excluding hydrogens is 712 g/mol. The van der Waals surface area contributed by atoms with Gasteiger partial charge in [-0.05, 0) is 48.5 Å². The largest absolute Gasteiger partial charge is 2.00 e. The zero-order chi connectivity index (χ0) is 32.2. The number of nitrogens with zero attached hydrogens (tertiary/aromatic N) is 6. The topological polar surface area (TPSA) is 301 Å². The van der Waals surface area contributed by atoms with Crippen molar-refractivity contribution in [3.05, 3.63) is 96.6 Å². The Morgan fingerprint density at radius 2 is 0.860 bits per heavy atom. The van der Waals surface area contributed by atoms with Gasteiger partial charge in [0, 0.05) is 26.2 Å². The zero-order valence-electron chi connectivity index (χ0n) is 22.4. The summed E-state index contributed by atoms with van der Waals surface area (Å²) in [5.74, 6) is -0.236. The van der Waals surface area contributed by atoms with E-state index in [1.165, 1.54) is 13.8 Å². The molecule has 0 aromatic carbocycles. The van der Waals surface area contributed by atoms with Crippen molar-refractivity contribution in [1.82, 2.24) is 19.9 Å². The maximum atomic E-state index is 12.8. The number of carbonyl (C=O) groups is 1. The van der Waals surface area contributed by atoms with E-state index >= 15 is 0 Å². The van der Waals surface area contributed by atoms with Gasteiger partial charge in [0.2, 0.25) is 5.78 Å². The summed E-state index contributed by atoms with van der Waals surface area (Å²) in [5.41, 5.74) is 3.40. The van der Waals surface area contributed by atoms with Gasteiger partial charge in [-0.2, -0.15) is 10.5 Å². The Bertz CT molecular complexity index is 1330. The van der Waals surface area contributed by atoms with Crippen molar-refractivity contribution in [2.75, 3.05) is 0 Å². The fourth-order valence-electron chi connectivity index (χ4n) is 2.57. The molecule has 0 fully saturated rings. The Hall–Kier alpha value is -3.57. The number of halogens is 2. The molecule has 0 amide bonds. The molecule has 0 atom stereocenters. The zero-order valence-corrected chi connectivity index (χ0v) is 28.0. The first-order valence-corrected chi connectivity index (χ1v) is 13.3. The number of ketones is 1. The van der Waals surface area contributed by atoms with Crippen LogP contribution in [0.2, 0.25) is 0 Å². The average molecular weight is 732 g/mol. The summed E-state index contributed by atoms with van der Waals surface area (Å²) in [6, 6.07) is 25.3. The van der Waals surface area contributed by atoms with Crippen molar-refractivity contribution in [2.24, 2.45) is 0 Å². The van der Waals surface area contributed by atoms with E-state index in [1.807, 2.05) is 48.5 Å². The van der Waals surface area contributed by atoms with Gasteiger partial charge in [-0.1, -0.05) is 24.3 Å². The Morgan fingerprint density at radius 3 is 1.12 bits per heavy atom. The minimum atomic E-state index is -4.94. The second-order valence-electron chi connectivity index (χ2n) is 6.78. The van der Waals surface area contributed by atoms with Crippen molar-refractivity contribution in [3.63, 3.8) is 0 Å². The fraction of sp³-hybridized carbons (Fsp3) is 0.0800. The Kier molecular flexibility index (Phi) is 21.3. The first-order chi connectivity index (χ1) is 19.6. The standard InChI is InChI=1S/C21H14N4O.2C2H3N.Cd.2ClHO4/c26-21(19-11-5-9-17(24-19)15-7-1-3-13-22-15)20-12-6-10-18(25-20)16-8-2-4-14-23-16;2*1-2-3;;2*2-1(3,4)5/h1-14H;2*1H3;;2*(H,2,3,4,5)/q;;;+2;;/p-2. The smallest absolute Gasteiger partial charge is 0.285 e. The predicted molar refractivity (Wildman–Crippen MR) is 121 cm³/mol. The van der Waals surface area contributed by atoms with Crippen LogP contribution in [0.5, 0.6) is 0 Å². The minimum Gasteiger partial charge on any atom is -0.285 e. The molecule has 0 aliphatic carbocycles. The van der Waals surface area contributed by atoms with E-state index in [0.717, 1.165) is 11.4 Å². The second-order valence-corrected chi connectivity index (χ2v) is 8.29. The quantitative estimate of drug-likeness (QED) is 0.141. The third-order valence-corrected chi connectivity index (χ3v) is 3.82. The average Bonchev–Trinajstić information content (AvgIpc) is 2.93. The molecule has 0 bridgehead atoms. The van der Waals surface area contributed by atoms with E-state index in [4.69, 9.17) is 47.8 Å². The van der Waals surface area contributed by atoms with Gasteiger partial charge in [0.05, 0.1) is 34.9 Å². The molecule has 0 radical (unpaired) electrons. The number of hydrogen-bond acceptors (Lipinski definition) is 15. The molecule has 0 N–H and O–H groups in total. The molecule has 4 aromatic rings. The molecule has 0 unspecified atom stereocenters. The Labute approximate surface area is 270 Å². The van der Waals surface area contributed by atoms with Crippen LogP contribution in [0, 0.1) is 43.1 Å². The first kappa shape index (κ1) is 41.6. The van der Waals surface area contributed by atoms with E-state index in [0.29, 0.717) is 22.8 Å². The molecule has 0 aliphatic rings. The van der Waals surface area contributed by atoms with Gasteiger partial charge in [0.1, 0.15) is 11.4 Å². The van der Waals surface area contributed by atoms with Gasteiger partial charge in [-0.3, -0.25) is 14.8 Å². The summed E-state index contributed by atoms with van der Waals surface area (Å²) in [6.07, 6.45) is 3.40. The van der Waals surface area contributed by atoms with Gasteiger partial charge in [0.15, 0.2) is 0 Å². The molecule has 15 nitrogen and oxygen atoms in total. The molecule has 4 rings (SSSR count). The SMILES string of the molecule is CC#N.CC#N.O=C(c1cccc(-c2ccccn2)n1)c1cccc(-c2ccccn2)n1.[Cd+2].[O-][Cl+3]([O-])([O-])[O-].[O-][Cl+3]([O-])([O-])[O-]. The summed E-state index contributed by atoms with van der Waals surface area (Å²) >= 11 is 0. The molecule has 0 spiro atoms. The van der Waals surface area contributed by atoms with Crippen molar-refractivity contribution in [3.8, 4) is 34.9 Å². The van der Waals surface area contributed by atoms with Crippen LogP contribution in [0.25, 0.3) is 22.8 Å². The number of pyridine rings is 4. The van der Waals surface area contributed by atoms with E-state index in [1.54, 1.807) is 48.8 Å². The fourth-order valence-corrected chi connectivity index (χ4v) is 2.57.